The number of hydrogen-bond donors (Lipinski definition) is 2. The lowest BCUT2D eigenvalue weighted by molar-refractivity contribution is 0.191. The van der Waals surface area contributed by atoms with Crippen molar-refractivity contribution in [2.24, 2.45) is 4.99 Å². The van der Waals surface area contributed by atoms with Gasteiger partial charge in [-0.15, -0.1) is 0 Å². The van der Waals surface area contributed by atoms with Crippen molar-refractivity contribution >= 4 is 6.21 Å². The van der Waals surface area contributed by atoms with Crippen molar-refractivity contribution < 1.29 is 5.11 Å². The molecule has 0 amide bonds. The molecule has 2 heterocycles. The molecule has 2 aliphatic heterocycles. The molecule has 1 unspecified atom stereocenters. The summed E-state index contributed by atoms with van der Waals surface area (Å²) in [6, 6.07) is 0. The highest BCUT2D eigenvalue weighted by Crippen LogP contribution is 2.18. The number of allylic oxidation sites excluding steroid dienone is 2. The quantitative estimate of drug-likeness (QED) is 0.734. The highest BCUT2D eigenvalue weighted by Gasteiger charge is 2.12. The van der Waals surface area contributed by atoms with Gasteiger partial charge in [-0.1, -0.05) is 6.08 Å². The minimum absolute atomic E-state index is 0.253. The maximum Gasteiger partial charge on any atom is 0.0767 e. The van der Waals surface area contributed by atoms with E-state index in [4.69, 9.17) is 0 Å². The molecule has 0 spiro atoms. The number of rotatable bonds is 5. The van der Waals surface area contributed by atoms with Crippen LogP contribution in [0.15, 0.2) is 28.4 Å². The number of unbranched alkanes of at least 4 members (excludes halogenated alkanes) is 1. The van der Waals surface area contributed by atoms with E-state index in [1.165, 1.54) is 24.0 Å². The topological polar surface area (TPSA) is 44.6 Å². The third-order valence-electron chi connectivity index (χ3n) is 3.60. The summed E-state index contributed by atoms with van der Waals surface area (Å²) in [6.45, 7) is 2.03. The molecule has 0 radical (unpaired) electrons. The van der Waals surface area contributed by atoms with Crippen LogP contribution in [0.1, 0.15) is 44.9 Å². The fraction of sp³-hybridized carbons (Fsp3) is 0.667. The lowest BCUT2D eigenvalue weighted by Gasteiger charge is -2.19. The predicted molar refractivity (Wildman–Crippen MR) is 75.9 cm³/mol. The molecule has 1 atom stereocenters. The molecule has 0 aromatic carbocycles. The van der Waals surface area contributed by atoms with Crippen molar-refractivity contribution in [2.75, 3.05) is 13.1 Å². The van der Waals surface area contributed by atoms with Crippen molar-refractivity contribution in [1.29, 1.82) is 0 Å². The molecule has 2 rings (SSSR count). The Labute approximate surface area is 110 Å². The van der Waals surface area contributed by atoms with E-state index >= 15 is 0 Å². The van der Waals surface area contributed by atoms with Crippen LogP contribution in [0, 0.1) is 0 Å². The van der Waals surface area contributed by atoms with Crippen LogP contribution in [0.2, 0.25) is 0 Å². The number of nitrogens with zero attached hydrogens (tertiary/aromatic N) is 1. The van der Waals surface area contributed by atoms with Crippen LogP contribution in [0.4, 0.5) is 0 Å². The average Bonchev–Trinajstić information content (AvgIpc) is 2.45. The maximum atomic E-state index is 10.1. The minimum atomic E-state index is -0.253. The lowest BCUT2D eigenvalue weighted by Crippen LogP contribution is -2.20. The summed E-state index contributed by atoms with van der Waals surface area (Å²) in [6.07, 6.45) is 13.5. The standard InChI is InChI=1S/C15H24N2O/c18-15(14-7-4-10-17-12-14)8-2-1-5-13-6-3-9-16-11-13/h5,11-12,15,17-18H,1-4,6-10H2/b13-5+. The first kappa shape index (κ1) is 13.3. The summed E-state index contributed by atoms with van der Waals surface area (Å²) in [5, 5.41) is 13.3. The van der Waals surface area contributed by atoms with E-state index in [1.807, 2.05) is 12.4 Å². The molecule has 0 bridgehead atoms. The zero-order valence-electron chi connectivity index (χ0n) is 11.1. The molecular weight excluding hydrogens is 224 g/mol. The first-order valence-electron chi connectivity index (χ1n) is 7.15. The van der Waals surface area contributed by atoms with E-state index < -0.39 is 0 Å². The lowest BCUT2D eigenvalue weighted by atomic mass is 9.98. The third kappa shape index (κ3) is 4.30. The second-order valence-electron chi connectivity index (χ2n) is 5.14. The zero-order valence-corrected chi connectivity index (χ0v) is 11.1. The summed E-state index contributed by atoms with van der Waals surface area (Å²) in [7, 11) is 0. The summed E-state index contributed by atoms with van der Waals surface area (Å²) in [5.74, 6) is 0. The van der Waals surface area contributed by atoms with Crippen molar-refractivity contribution in [3.63, 3.8) is 0 Å². The number of aliphatic hydroxyl groups is 1. The Balaban J connectivity index is 1.67. The van der Waals surface area contributed by atoms with Crippen LogP contribution in [0.25, 0.3) is 0 Å². The molecular formula is C15H24N2O. The van der Waals surface area contributed by atoms with Gasteiger partial charge >= 0.3 is 0 Å². The van der Waals surface area contributed by atoms with E-state index in [0.29, 0.717) is 0 Å². The molecule has 0 aromatic rings. The van der Waals surface area contributed by atoms with Gasteiger partial charge in [0.2, 0.25) is 0 Å². The maximum absolute atomic E-state index is 10.1. The molecule has 100 valence electrons. The Morgan fingerprint density at radius 2 is 2.33 bits per heavy atom. The Kier molecular flexibility index (Phi) is 5.46. The summed E-state index contributed by atoms with van der Waals surface area (Å²) in [5.41, 5.74) is 2.54. The molecule has 0 fully saturated rings. The monoisotopic (exact) mass is 248 g/mol. The van der Waals surface area contributed by atoms with Gasteiger partial charge in [-0.2, -0.15) is 0 Å². The molecule has 3 nitrogen and oxygen atoms in total. The zero-order chi connectivity index (χ0) is 12.6. The van der Waals surface area contributed by atoms with Gasteiger partial charge < -0.3 is 10.4 Å². The van der Waals surface area contributed by atoms with Gasteiger partial charge in [0.05, 0.1) is 6.10 Å². The highest BCUT2D eigenvalue weighted by molar-refractivity contribution is 5.79. The molecule has 0 saturated heterocycles. The largest absolute Gasteiger partial charge is 0.391 e. The molecule has 18 heavy (non-hydrogen) atoms. The Morgan fingerprint density at radius 1 is 1.39 bits per heavy atom. The number of aliphatic imine (C=N–C) groups is 1. The molecule has 2 N–H and O–H groups in total. The molecule has 0 saturated carbocycles. The van der Waals surface area contributed by atoms with Gasteiger partial charge in [0.1, 0.15) is 0 Å². The van der Waals surface area contributed by atoms with Gasteiger partial charge in [0.25, 0.3) is 0 Å². The Bertz CT molecular complexity index is 344. The van der Waals surface area contributed by atoms with E-state index in [1.54, 1.807) is 0 Å². The van der Waals surface area contributed by atoms with Crippen LogP contribution >= 0.6 is 0 Å². The molecule has 3 heteroatoms. The SMILES string of the molecule is OC(CCC/C=C1/C=NCCC1)C1=CNCCC1. The number of hydrogen-bond acceptors (Lipinski definition) is 3. The van der Waals surface area contributed by atoms with Crippen LogP contribution in [-0.2, 0) is 0 Å². The van der Waals surface area contributed by atoms with E-state index in [-0.39, 0.29) is 6.10 Å². The fourth-order valence-corrected chi connectivity index (χ4v) is 2.49. The minimum Gasteiger partial charge on any atom is -0.391 e. The average molecular weight is 248 g/mol. The van der Waals surface area contributed by atoms with Crippen molar-refractivity contribution in [3.05, 3.63) is 23.4 Å². The van der Waals surface area contributed by atoms with Gasteiger partial charge in [-0.3, -0.25) is 4.99 Å². The molecule has 0 aliphatic carbocycles. The van der Waals surface area contributed by atoms with E-state index in [2.05, 4.69) is 16.4 Å². The van der Waals surface area contributed by atoms with Crippen LogP contribution in [-0.4, -0.2) is 30.5 Å². The smallest absolute Gasteiger partial charge is 0.0767 e. The van der Waals surface area contributed by atoms with Crippen LogP contribution < -0.4 is 5.32 Å². The molecule has 2 aliphatic rings. The van der Waals surface area contributed by atoms with Crippen LogP contribution in [0.5, 0.6) is 0 Å². The van der Waals surface area contributed by atoms with E-state index in [0.717, 1.165) is 45.2 Å². The van der Waals surface area contributed by atoms with E-state index in [9.17, 15) is 5.11 Å². The highest BCUT2D eigenvalue weighted by atomic mass is 16.3. The normalized spacial score (nSPS) is 23.6. The fourth-order valence-electron chi connectivity index (χ4n) is 2.49. The first-order chi connectivity index (χ1) is 8.86. The van der Waals surface area contributed by atoms with Crippen molar-refractivity contribution in [3.8, 4) is 0 Å². The summed E-state index contributed by atoms with van der Waals surface area (Å²) in [4.78, 5) is 4.29. The van der Waals surface area contributed by atoms with Gasteiger partial charge in [0, 0.05) is 19.3 Å². The predicted octanol–water partition coefficient (Wildman–Crippen LogP) is 2.58. The second-order valence-corrected chi connectivity index (χ2v) is 5.14. The van der Waals surface area contributed by atoms with Crippen molar-refractivity contribution in [2.45, 2.75) is 51.0 Å². The second kappa shape index (κ2) is 7.37. The Hall–Kier alpha value is -1.09. The van der Waals surface area contributed by atoms with Gasteiger partial charge in [0.15, 0.2) is 0 Å². The first-order valence-corrected chi connectivity index (χ1v) is 7.15. The van der Waals surface area contributed by atoms with Crippen LogP contribution in [0.3, 0.4) is 0 Å². The van der Waals surface area contributed by atoms with Gasteiger partial charge in [-0.05, 0) is 62.3 Å². The number of nitrogens with one attached hydrogen (secondary N) is 1. The van der Waals surface area contributed by atoms with Gasteiger partial charge in [-0.25, -0.2) is 0 Å². The molecule has 0 aromatic heterocycles. The summed E-state index contributed by atoms with van der Waals surface area (Å²) < 4.78 is 0. The summed E-state index contributed by atoms with van der Waals surface area (Å²) >= 11 is 0. The third-order valence-corrected chi connectivity index (χ3v) is 3.60. The Morgan fingerprint density at radius 3 is 3.06 bits per heavy atom. The van der Waals surface area contributed by atoms with Crippen molar-refractivity contribution in [1.82, 2.24) is 5.32 Å². The number of aliphatic hydroxyl groups excluding tert-OH is 1.